The summed E-state index contributed by atoms with van der Waals surface area (Å²) in [6.07, 6.45) is 0.714. The van der Waals surface area contributed by atoms with Crippen LogP contribution >= 0.6 is 11.8 Å². The van der Waals surface area contributed by atoms with E-state index in [9.17, 15) is 18.0 Å². The predicted molar refractivity (Wildman–Crippen MR) is 122 cm³/mol. The number of aliphatic imine (C=N–C) groups is 1. The van der Waals surface area contributed by atoms with Gasteiger partial charge in [0.15, 0.2) is 5.17 Å². The van der Waals surface area contributed by atoms with Crippen LogP contribution in [0.5, 0.6) is 0 Å². The second kappa shape index (κ2) is 10.1. The number of nitrogens with two attached hydrogens (primary N) is 1. The Morgan fingerprint density at radius 3 is 2.45 bits per heavy atom. The number of carbonyl (C=O) groups excluding carboxylic acids is 2. The van der Waals surface area contributed by atoms with Gasteiger partial charge in [0.25, 0.3) is 0 Å². The lowest BCUT2D eigenvalue weighted by atomic mass is 10.1. The molecule has 1 aliphatic rings. The van der Waals surface area contributed by atoms with E-state index in [2.05, 4.69) is 10.3 Å². The fourth-order valence-electron chi connectivity index (χ4n) is 3.10. The Kier molecular flexibility index (Phi) is 7.47. The summed E-state index contributed by atoms with van der Waals surface area (Å²) in [5.74, 6) is -0.468. The molecule has 1 unspecified atom stereocenters. The van der Waals surface area contributed by atoms with Gasteiger partial charge in [0.2, 0.25) is 21.8 Å². The van der Waals surface area contributed by atoms with E-state index in [0.29, 0.717) is 30.4 Å². The first-order chi connectivity index (χ1) is 14.8. The predicted octanol–water partition coefficient (Wildman–Crippen LogP) is 1.91. The Morgan fingerprint density at radius 1 is 1.16 bits per heavy atom. The zero-order chi connectivity index (χ0) is 22.4. The van der Waals surface area contributed by atoms with Gasteiger partial charge in [0.05, 0.1) is 10.6 Å². The molecule has 10 heteroatoms. The molecule has 1 atom stereocenters. The molecule has 2 aromatic carbocycles. The van der Waals surface area contributed by atoms with Gasteiger partial charge in [-0.25, -0.2) is 18.5 Å². The van der Waals surface area contributed by atoms with Crippen LogP contribution in [0.3, 0.4) is 0 Å². The molecule has 0 aromatic heterocycles. The zero-order valence-electron chi connectivity index (χ0n) is 17.0. The van der Waals surface area contributed by atoms with Crippen molar-refractivity contribution in [1.29, 1.82) is 0 Å². The summed E-state index contributed by atoms with van der Waals surface area (Å²) in [4.78, 5) is 31.1. The number of imide groups is 1. The number of rotatable bonds is 7. The van der Waals surface area contributed by atoms with Gasteiger partial charge >= 0.3 is 0 Å². The third kappa shape index (κ3) is 5.93. The molecule has 0 saturated carbocycles. The third-order valence-corrected chi connectivity index (χ3v) is 6.69. The molecule has 0 spiro atoms. The smallest absolute Gasteiger partial charge is 0.247 e. The van der Waals surface area contributed by atoms with Crippen LogP contribution in [0, 0.1) is 0 Å². The Morgan fingerprint density at radius 2 is 1.84 bits per heavy atom. The molecule has 164 valence electrons. The Bertz CT molecular complexity index is 1070. The fourth-order valence-corrected chi connectivity index (χ4v) is 4.71. The van der Waals surface area contributed by atoms with Crippen molar-refractivity contribution in [2.24, 2.45) is 10.1 Å². The van der Waals surface area contributed by atoms with Crippen molar-refractivity contribution in [1.82, 2.24) is 5.32 Å². The number of benzene rings is 2. The van der Waals surface area contributed by atoms with Gasteiger partial charge in [0.1, 0.15) is 5.25 Å². The van der Waals surface area contributed by atoms with Gasteiger partial charge in [-0.3, -0.25) is 14.6 Å². The first kappa shape index (κ1) is 23.0. The van der Waals surface area contributed by atoms with Gasteiger partial charge in [0, 0.05) is 19.5 Å². The molecule has 2 amide bonds. The summed E-state index contributed by atoms with van der Waals surface area (Å²) < 4.78 is 22.7. The molecule has 8 nitrogen and oxygen atoms in total. The SMILES string of the molecule is CCNC(=NCCc1ccc(S(N)(=O)=O)cc1)SC1CC(=O)N(c2ccccc2)C1=O. The van der Waals surface area contributed by atoms with Crippen LogP contribution in [0.15, 0.2) is 64.5 Å². The highest BCUT2D eigenvalue weighted by Gasteiger charge is 2.40. The lowest BCUT2D eigenvalue weighted by Gasteiger charge is -2.15. The average molecular weight is 461 g/mol. The van der Waals surface area contributed by atoms with Crippen molar-refractivity contribution in [3.05, 3.63) is 60.2 Å². The maximum Gasteiger partial charge on any atom is 0.247 e. The third-order valence-electron chi connectivity index (χ3n) is 4.61. The topological polar surface area (TPSA) is 122 Å². The molecular formula is C21H24N4O4S2. The van der Waals surface area contributed by atoms with Crippen LogP contribution in [0.25, 0.3) is 0 Å². The quantitative estimate of drug-likeness (QED) is 0.370. The number of hydrogen-bond acceptors (Lipinski definition) is 6. The molecule has 1 heterocycles. The maximum atomic E-state index is 12.8. The Balaban J connectivity index is 1.63. The van der Waals surface area contributed by atoms with Crippen molar-refractivity contribution in [3.8, 4) is 0 Å². The van der Waals surface area contributed by atoms with E-state index in [0.717, 1.165) is 5.56 Å². The molecule has 2 aromatic rings. The van der Waals surface area contributed by atoms with E-state index in [1.807, 2.05) is 13.0 Å². The summed E-state index contributed by atoms with van der Waals surface area (Å²) in [5.41, 5.74) is 1.49. The number of hydrogen-bond donors (Lipinski definition) is 2. The molecule has 0 bridgehead atoms. The van der Waals surface area contributed by atoms with Crippen LogP contribution in [-0.4, -0.2) is 43.7 Å². The first-order valence-corrected chi connectivity index (χ1v) is 12.2. The normalized spacial score (nSPS) is 17.3. The number of nitrogens with zero attached hydrogens (tertiary/aromatic N) is 2. The van der Waals surface area contributed by atoms with Crippen LogP contribution < -0.4 is 15.4 Å². The van der Waals surface area contributed by atoms with Gasteiger partial charge in [-0.05, 0) is 43.2 Å². The van der Waals surface area contributed by atoms with E-state index in [-0.39, 0.29) is 23.1 Å². The second-order valence-electron chi connectivity index (χ2n) is 6.87. The minimum Gasteiger partial charge on any atom is -0.365 e. The number of para-hydroxylation sites is 1. The van der Waals surface area contributed by atoms with Crippen molar-refractivity contribution in [2.45, 2.75) is 29.9 Å². The highest BCUT2D eigenvalue weighted by atomic mass is 32.2. The fraction of sp³-hybridized carbons (Fsp3) is 0.286. The van der Waals surface area contributed by atoms with Crippen LogP contribution in [0.1, 0.15) is 18.9 Å². The molecule has 0 aliphatic carbocycles. The number of primary sulfonamides is 1. The van der Waals surface area contributed by atoms with E-state index in [1.165, 1.54) is 28.8 Å². The van der Waals surface area contributed by atoms with Gasteiger partial charge < -0.3 is 5.32 Å². The summed E-state index contributed by atoms with van der Waals surface area (Å²) in [6, 6.07) is 15.2. The molecule has 1 aliphatic heterocycles. The van der Waals surface area contributed by atoms with E-state index >= 15 is 0 Å². The summed E-state index contributed by atoms with van der Waals surface area (Å²) in [6.45, 7) is 3.01. The van der Waals surface area contributed by atoms with E-state index < -0.39 is 15.3 Å². The van der Waals surface area contributed by atoms with Crippen molar-refractivity contribution < 1.29 is 18.0 Å². The molecule has 0 radical (unpaired) electrons. The van der Waals surface area contributed by atoms with Gasteiger partial charge in [-0.2, -0.15) is 0 Å². The van der Waals surface area contributed by atoms with E-state index in [1.54, 1.807) is 36.4 Å². The number of amides is 2. The molecular weight excluding hydrogens is 436 g/mol. The number of carbonyl (C=O) groups is 2. The first-order valence-electron chi connectivity index (χ1n) is 9.78. The Labute approximate surface area is 186 Å². The summed E-state index contributed by atoms with van der Waals surface area (Å²) >= 11 is 1.26. The van der Waals surface area contributed by atoms with Crippen molar-refractivity contribution in [3.63, 3.8) is 0 Å². The molecule has 1 saturated heterocycles. The molecule has 31 heavy (non-hydrogen) atoms. The standard InChI is InChI=1S/C21H24N4O4S2/c1-2-23-21(24-13-12-15-8-10-17(11-9-15)31(22,28)29)30-18-14-19(26)25(20(18)27)16-6-4-3-5-7-16/h3-11,18H,2,12-14H2,1H3,(H,23,24)(H2,22,28,29). The number of amidine groups is 1. The molecule has 1 fully saturated rings. The van der Waals surface area contributed by atoms with Crippen molar-refractivity contribution >= 4 is 44.5 Å². The number of thioether (sulfide) groups is 1. The highest BCUT2D eigenvalue weighted by Crippen LogP contribution is 2.29. The monoisotopic (exact) mass is 460 g/mol. The van der Waals surface area contributed by atoms with Crippen molar-refractivity contribution in [2.75, 3.05) is 18.0 Å². The largest absolute Gasteiger partial charge is 0.365 e. The number of anilines is 1. The Hall–Kier alpha value is -2.69. The summed E-state index contributed by atoms with van der Waals surface area (Å²) in [5, 5.41) is 8.33. The van der Waals surface area contributed by atoms with Crippen LogP contribution in [0.4, 0.5) is 5.69 Å². The zero-order valence-corrected chi connectivity index (χ0v) is 18.7. The lowest BCUT2D eigenvalue weighted by molar-refractivity contribution is -0.121. The lowest BCUT2D eigenvalue weighted by Crippen LogP contribution is -2.32. The van der Waals surface area contributed by atoms with E-state index in [4.69, 9.17) is 5.14 Å². The second-order valence-corrected chi connectivity index (χ2v) is 9.62. The average Bonchev–Trinajstić information content (AvgIpc) is 3.01. The summed E-state index contributed by atoms with van der Waals surface area (Å²) in [7, 11) is -3.71. The van der Waals surface area contributed by atoms with Gasteiger partial charge in [-0.15, -0.1) is 0 Å². The molecule has 3 N–H and O–H groups in total. The van der Waals surface area contributed by atoms with Crippen LogP contribution in [0.2, 0.25) is 0 Å². The molecule has 3 rings (SSSR count). The van der Waals surface area contributed by atoms with Crippen LogP contribution in [-0.2, 0) is 26.0 Å². The number of sulfonamides is 1. The minimum absolute atomic E-state index is 0.0658. The minimum atomic E-state index is -3.71. The van der Waals surface area contributed by atoms with Gasteiger partial charge in [-0.1, -0.05) is 42.1 Å². The maximum absolute atomic E-state index is 12.8. The number of nitrogens with one attached hydrogen (secondary N) is 1. The highest BCUT2D eigenvalue weighted by molar-refractivity contribution is 8.15.